The number of aromatic amines is 1. The SMILES string of the molecule is COc1ccc2cc(NC(=O)c3n[nH]c4c3CCCCC4)cnc2c1. The number of rotatable bonds is 3. The lowest BCUT2D eigenvalue weighted by Gasteiger charge is -2.07. The summed E-state index contributed by atoms with van der Waals surface area (Å²) in [6, 6.07) is 7.58. The van der Waals surface area contributed by atoms with Gasteiger partial charge in [-0.15, -0.1) is 0 Å². The molecule has 0 fully saturated rings. The predicted octanol–water partition coefficient (Wildman–Crippen LogP) is 3.49. The van der Waals surface area contributed by atoms with E-state index in [2.05, 4.69) is 20.5 Å². The highest BCUT2D eigenvalue weighted by molar-refractivity contribution is 6.04. The summed E-state index contributed by atoms with van der Waals surface area (Å²) in [6.07, 6.45) is 6.98. The van der Waals surface area contributed by atoms with Crippen molar-refractivity contribution in [2.45, 2.75) is 32.1 Å². The Morgan fingerprint density at radius 3 is 2.96 bits per heavy atom. The Kier molecular flexibility index (Phi) is 4.09. The van der Waals surface area contributed by atoms with Gasteiger partial charge in [0.1, 0.15) is 5.75 Å². The Bertz CT molecular complexity index is 932. The first-order valence-electron chi connectivity index (χ1n) is 8.56. The van der Waals surface area contributed by atoms with Gasteiger partial charge in [-0.25, -0.2) is 0 Å². The summed E-state index contributed by atoms with van der Waals surface area (Å²) in [5, 5.41) is 11.1. The van der Waals surface area contributed by atoms with E-state index in [-0.39, 0.29) is 5.91 Å². The smallest absolute Gasteiger partial charge is 0.276 e. The van der Waals surface area contributed by atoms with Gasteiger partial charge < -0.3 is 10.1 Å². The molecule has 1 aliphatic carbocycles. The summed E-state index contributed by atoms with van der Waals surface area (Å²) in [6.45, 7) is 0. The van der Waals surface area contributed by atoms with Crippen LogP contribution in [0.2, 0.25) is 0 Å². The van der Waals surface area contributed by atoms with Crippen LogP contribution in [-0.2, 0) is 12.8 Å². The van der Waals surface area contributed by atoms with Crippen LogP contribution in [0.4, 0.5) is 5.69 Å². The molecule has 0 radical (unpaired) electrons. The number of aryl methyl sites for hydroxylation is 1. The van der Waals surface area contributed by atoms with E-state index in [0.717, 1.165) is 53.6 Å². The first-order valence-corrected chi connectivity index (χ1v) is 8.56. The maximum Gasteiger partial charge on any atom is 0.276 e. The molecule has 0 aliphatic heterocycles. The van der Waals surface area contributed by atoms with Crippen molar-refractivity contribution in [1.29, 1.82) is 0 Å². The molecule has 1 amide bonds. The molecule has 0 saturated heterocycles. The molecule has 6 nitrogen and oxygen atoms in total. The average Bonchev–Trinajstić information content (AvgIpc) is 2.90. The molecule has 0 saturated carbocycles. The van der Waals surface area contributed by atoms with E-state index in [1.54, 1.807) is 13.3 Å². The molecule has 2 aromatic heterocycles. The molecule has 1 aliphatic rings. The molecule has 6 heteroatoms. The quantitative estimate of drug-likeness (QED) is 0.718. The van der Waals surface area contributed by atoms with Crippen LogP contribution in [0.1, 0.15) is 41.0 Å². The highest BCUT2D eigenvalue weighted by Crippen LogP contribution is 2.24. The number of methoxy groups -OCH3 is 1. The molecule has 0 spiro atoms. The molecular weight excluding hydrogens is 316 g/mol. The predicted molar refractivity (Wildman–Crippen MR) is 96.1 cm³/mol. The van der Waals surface area contributed by atoms with Gasteiger partial charge in [-0.05, 0) is 43.9 Å². The number of amides is 1. The zero-order valence-electron chi connectivity index (χ0n) is 14.1. The topological polar surface area (TPSA) is 79.9 Å². The Hall–Kier alpha value is -2.89. The molecule has 4 rings (SSSR count). The highest BCUT2D eigenvalue weighted by Gasteiger charge is 2.21. The second kappa shape index (κ2) is 6.55. The summed E-state index contributed by atoms with van der Waals surface area (Å²) < 4.78 is 5.21. The first-order chi connectivity index (χ1) is 12.2. The van der Waals surface area contributed by atoms with Crippen LogP contribution in [-0.4, -0.2) is 28.2 Å². The molecule has 3 aromatic rings. The first kappa shape index (κ1) is 15.6. The van der Waals surface area contributed by atoms with Gasteiger partial charge in [-0.1, -0.05) is 6.42 Å². The maximum atomic E-state index is 12.7. The van der Waals surface area contributed by atoms with Gasteiger partial charge in [-0.3, -0.25) is 14.9 Å². The lowest BCUT2D eigenvalue weighted by molar-refractivity contribution is 0.102. The molecule has 1 aromatic carbocycles. The molecule has 25 heavy (non-hydrogen) atoms. The van der Waals surface area contributed by atoms with Crippen LogP contribution in [0, 0.1) is 0 Å². The molecule has 128 valence electrons. The van der Waals surface area contributed by atoms with Crippen molar-refractivity contribution in [3.8, 4) is 5.75 Å². The van der Waals surface area contributed by atoms with Crippen LogP contribution in [0.15, 0.2) is 30.5 Å². The Morgan fingerprint density at radius 1 is 1.20 bits per heavy atom. The molecule has 2 heterocycles. The third-order valence-corrected chi connectivity index (χ3v) is 4.67. The number of hydrogen-bond donors (Lipinski definition) is 2. The molecule has 0 atom stereocenters. The molecule has 0 bridgehead atoms. The fraction of sp³-hybridized carbons (Fsp3) is 0.316. The van der Waals surface area contributed by atoms with Gasteiger partial charge in [0.15, 0.2) is 5.69 Å². The molecule has 0 unspecified atom stereocenters. The van der Waals surface area contributed by atoms with Gasteiger partial charge in [0, 0.05) is 22.7 Å². The van der Waals surface area contributed by atoms with E-state index in [1.165, 1.54) is 6.42 Å². The number of aromatic nitrogens is 3. The van der Waals surface area contributed by atoms with Crippen molar-refractivity contribution >= 4 is 22.5 Å². The van der Waals surface area contributed by atoms with Crippen molar-refractivity contribution in [1.82, 2.24) is 15.2 Å². The maximum absolute atomic E-state index is 12.7. The second-order valence-corrected chi connectivity index (χ2v) is 6.33. The van der Waals surface area contributed by atoms with Crippen LogP contribution < -0.4 is 10.1 Å². The monoisotopic (exact) mass is 336 g/mol. The van der Waals surface area contributed by atoms with Crippen molar-refractivity contribution in [3.63, 3.8) is 0 Å². The van der Waals surface area contributed by atoms with E-state index < -0.39 is 0 Å². The third kappa shape index (κ3) is 3.07. The van der Waals surface area contributed by atoms with Gasteiger partial charge in [0.25, 0.3) is 5.91 Å². The number of nitrogens with one attached hydrogen (secondary N) is 2. The van der Waals surface area contributed by atoms with Crippen molar-refractivity contribution in [3.05, 3.63) is 47.4 Å². The van der Waals surface area contributed by atoms with Gasteiger partial charge in [-0.2, -0.15) is 5.10 Å². The molecular formula is C19H20N4O2. The number of ether oxygens (including phenoxy) is 1. The normalized spacial score (nSPS) is 14.0. The van der Waals surface area contributed by atoms with E-state index >= 15 is 0 Å². The largest absolute Gasteiger partial charge is 0.497 e. The number of pyridine rings is 1. The third-order valence-electron chi connectivity index (χ3n) is 4.67. The second-order valence-electron chi connectivity index (χ2n) is 6.33. The summed E-state index contributed by atoms with van der Waals surface area (Å²) in [5.41, 5.74) is 4.16. The van der Waals surface area contributed by atoms with Crippen LogP contribution in [0.5, 0.6) is 5.75 Å². The summed E-state index contributed by atoms with van der Waals surface area (Å²) in [4.78, 5) is 17.1. The van der Waals surface area contributed by atoms with Gasteiger partial charge >= 0.3 is 0 Å². The Labute approximate surface area is 145 Å². The van der Waals surface area contributed by atoms with Crippen molar-refractivity contribution in [2.24, 2.45) is 0 Å². The lowest BCUT2D eigenvalue weighted by Crippen LogP contribution is -2.14. The fourth-order valence-electron chi connectivity index (χ4n) is 3.33. The van der Waals surface area contributed by atoms with E-state index in [0.29, 0.717) is 11.4 Å². The standard InChI is InChI=1S/C19H20N4O2/c1-25-14-8-7-12-9-13(11-20-17(12)10-14)21-19(24)18-15-5-3-2-4-6-16(15)22-23-18/h7-11H,2-6H2,1H3,(H,21,24)(H,22,23). The van der Waals surface area contributed by atoms with E-state index in [1.807, 2.05) is 24.3 Å². The minimum atomic E-state index is -0.186. The highest BCUT2D eigenvalue weighted by atomic mass is 16.5. The number of hydrogen-bond acceptors (Lipinski definition) is 4. The summed E-state index contributed by atoms with van der Waals surface area (Å²) in [5.74, 6) is 0.574. The van der Waals surface area contributed by atoms with E-state index in [4.69, 9.17) is 4.74 Å². The summed E-state index contributed by atoms with van der Waals surface area (Å²) >= 11 is 0. The minimum Gasteiger partial charge on any atom is -0.497 e. The lowest BCUT2D eigenvalue weighted by atomic mass is 10.1. The fourth-order valence-corrected chi connectivity index (χ4v) is 3.33. The van der Waals surface area contributed by atoms with Crippen molar-refractivity contribution < 1.29 is 9.53 Å². The van der Waals surface area contributed by atoms with E-state index in [9.17, 15) is 4.79 Å². The average molecular weight is 336 g/mol. The number of anilines is 1. The number of carbonyl (C=O) groups excluding carboxylic acids is 1. The zero-order chi connectivity index (χ0) is 17.2. The molecule has 2 N–H and O–H groups in total. The summed E-state index contributed by atoms with van der Waals surface area (Å²) in [7, 11) is 1.63. The van der Waals surface area contributed by atoms with Crippen molar-refractivity contribution in [2.75, 3.05) is 12.4 Å². The van der Waals surface area contributed by atoms with Gasteiger partial charge in [0.2, 0.25) is 0 Å². The number of carbonyl (C=O) groups is 1. The number of fused-ring (bicyclic) bond motifs is 2. The number of H-pyrrole nitrogens is 1. The Balaban J connectivity index is 1.58. The zero-order valence-corrected chi connectivity index (χ0v) is 14.1. The number of nitrogens with zero attached hydrogens (tertiary/aromatic N) is 2. The Morgan fingerprint density at radius 2 is 2.08 bits per heavy atom. The number of benzene rings is 1. The minimum absolute atomic E-state index is 0.186. The van der Waals surface area contributed by atoms with Crippen LogP contribution in [0.25, 0.3) is 10.9 Å². The van der Waals surface area contributed by atoms with Crippen LogP contribution >= 0.6 is 0 Å². The van der Waals surface area contributed by atoms with Crippen LogP contribution in [0.3, 0.4) is 0 Å². The van der Waals surface area contributed by atoms with Gasteiger partial charge in [0.05, 0.1) is 24.5 Å².